The molecule has 5 heteroatoms. The van der Waals surface area contributed by atoms with Crippen LogP contribution in [0.5, 0.6) is 5.75 Å². The average Bonchev–Trinajstić information content (AvgIpc) is 3.13. The fourth-order valence-corrected chi connectivity index (χ4v) is 3.12. The first-order valence-corrected chi connectivity index (χ1v) is 8.09. The van der Waals surface area contributed by atoms with Crippen molar-refractivity contribution in [1.82, 2.24) is 14.9 Å². The van der Waals surface area contributed by atoms with Crippen molar-refractivity contribution >= 4 is 0 Å². The molecule has 24 heavy (non-hydrogen) atoms. The number of phenolic OH excluding ortho intramolecular Hbond substituents is 1. The van der Waals surface area contributed by atoms with E-state index in [1.165, 1.54) is 0 Å². The van der Waals surface area contributed by atoms with Crippen LogP contribution in [0.25, 0.3) is 11.6 Å². The van der Waals surface area contributed by atoms with Gasteiger partial charge >= 0.3 is 0 Å². The lowest BCUT2D eigenvalue weighted by molar-refractivity contribution is 0.239. The van der Waals surface area contributed by atoms with Crippen molar-refractivity contribution in [3.63, 3.8) is 0 Å². The standard InChI is InChI=1S/C19H19N3O2/c1-13-4-2-5-14(18(13)23)11-22-8-7-16-15(12-22)10-20-19(21-16)17-6-3-9-24-17/h2-6,9-10,23H,7-8,11-12H2,1H3. The number of hydrogen-bond acceptors (Lipinski definition) is 5. The largest absolute Gasteiger partial charge is 0.507 e. The normalized spacial score (nSPS) is 14.5. The molecule has 122 valence electrons. The molecule has 0 amide bonds. The van der Waals surface area contributed by atoms with Gasteiger partial charge in [-0.15, -0.1) is 0 Å². The van der Waals surface area contributed by atoms with Crippen molar-refractivity contribution < 1.29 is 9.52 Å². The summed E-state index contributed by atoms with van der Waals surface area (Å²) in [6.07, 6.45) is 4.40. The van der Waals surface area contributed by atoms with E-state index in [9.17, 15) is 5.11 Å². The van der Waals surface area contributed by atoms with Crippen molar-refractivity contribution in [2.75, 3.05) is 6.54 Å². The molecule has 0 saturated carbocycles. The summed E-state index contributed by atoms with van der Waals surface area (Å²) in [6, 6.07) is 9.61. The number of fused-ring (bicyclic) bond motifs is 1. The molecule has 1 N–H and O–H groups in total. The third kappa shape index (κ3) is 2.78. The van der Waals surface area contributed by atoms with Crippen LogP contribution in [0.3, 0.4) is 0 Å². The molecule has 3 aromatic rings. The third-order valence-corrected chi connectivity index (χ3v) is 4.47. The van der Waals surface area contributed by atoms with Crippen LogP contribution in [0.15, 0.2) is 47.2 Å². The summed E-state index contributed by atoms with van der Waals surface area (Å²) in [5.41, 5.74) is 4.10. The zero-order valence-electron chi connectivity index (χ0n) is 13.6. The van der Waals surface area contributed by atoms with E-state index in [-0.39, 0.29) is 0 Å². The summed E-state index contributed by atoms with van der Waals surface area (Å²) in [5, 5.41) is 10.2. The van der Waals surface area contributed by atoms with Crippen LogP contribution in [0.2, 0.25) is 0 Å². The van der Waals surface area contributed by atoms with Crippen LogP contribution in [0.4, 0.5) is 0 Å². The molecule has 0 radical (unpaired) electrons. The number of aromatic hydroxyl groups is 1. The zero-order valence-corrected chi connectivity index (χ0v) is 13.6. The maximum atomic E-state index is 10.2. The van der Waals surface area contributed by atoms with Gasteiger partial charge in [0.2, 0.25) is 0 Å². The number of para-hydroxylation sites is 1. The maximum absolute atomic E-state index is 10.2. The monoisotopic (exact) mass is 321 g/mol. The molecule has 2 aromatic heterocycles. The van der Waals surface area contributed by atoms with Gasteiger partial charge in [0, 0.05) is 43.4 Å². The molecule has 0 aliphatic carbocycles. The highest BCUT2D eigenvalue weighted by atomic mass is 16.3. The minimum Gasteiger partial charge on any atom is -0.507 e. The fourth-order valence-electron chi connectivity index (χ4n) is 3.12. The van der Waals surface area contributed by atoms with Gasteiger partial charge in [-0.2, -0.15) is 0 Å². The Morgan fingerprint density at radius 3 is 3.00 bits per heavy atom. The zero-order chi connectivity index (χ0) is 16.5. The van der Waals surface area contributed by atoms with Gasteiger partial charge in [-0.3, -0.25) is 4.90 Å². The van der Waals surface area contributed by atoms with Crippen molar-refractivity contribution in [3.05, 3.63) is 65.2 Å². The molecule has 0 fully saturated rings. The minimum atomic E-state index is 0.396. The molecular weight excluding hydrogens is 302 g/mol. The van der Waals surface area contributed by atoms with E-state index < -0.39 is 0 Å². The predicted octanol–water partition coefficient (Wildman–Crippen LogP) is 3.31. The molecule has 0 saturated heterocycles. The number of aryl methyl sites for hydroxylation is 1. The summed E-state index contributed by atoms with van der Waals surface area (Å²) in [7, 11) is 0. The van der Waals surface area contributed by atoms with Gasteiger partial charge in [0.05, 0.1) is 12.0 Å². The van der Waals surface area contributed by atoms with Gasteiger partial charge in [0.15, 0.2) is 11.6 Å². The summed E-state index contributed by atoms with van der Waals surface area (Å²) < 4.78 is 5.37. The Morgan fingerprint density at radius 1 is 1.25 bits per heavy atom. The molecule has 4 rings (SSSR count). The van der Waals surface area contributed by atoms with Gasteiger partial charge in [-0.1, -0.05) is 18.2 Å². The Labute approximate surface area is 140 Å². The van der Waals surface area contributed by atoms with Gasteiger partial charge < -0.3 is 9.52 Å². The molecule has 0 spiro atoms. The molecular formula is C19H19N3O2. The first kappa shape index (κ1) is 14.9. The van der Waals surface area contributed by atoms with E-state index in [1.807, 2.05) is 43.5 Å². The molecule has 1 aliphatic heterocycles. The summed E-state index contributed by atoms with van der Waals surface area (Å²) >= 11 is 0. The highest BCUT2D eigenvalue weighted by molar-refractivity contribution is 5.47. The highest BCUT2D eigenvalue weighted by Crippen LogP contribution is 2.26. The van der Waals surface area contributed by atoms with E-state index >= 15 is 0 Å². The van der Waals surface area contributed by atoms with Crippen molar-refractivity contribution in [2.45, 2.75) is 26.4 Å². The van der Waals surface area contributed by atoms with E-state index in [0.29, 0.717) is 17.3 Å². The molecule has 1 aromatic carbocycles. The molecule has 3 heterocycles. The smallest absolute Gasteiger partial charge is 0.195 e. The van der Waals surface area contributed by atoms with Crippen molar-refractivity contribution in [3.8, 4) is 17.3 Å². The molecule has 0 atom stereocenters. The first-order valence-electron chi connectivity index (χ1n) is 8.09. The topological polar surface area (TPSA) is 62.4 Å². The molecule has 5 nitrogen and oxygen atoms in total. The Hall–Kier alpha value is -2.66. The Morgan fingerprint density at radius 2 is 2.17 bits per heavy atom. The second-order valence-corrected chi connectivity index (χ2v) is 6.19. The van der Waals surface area contributed by atoms with E-state index in [2.05, 4.69) is 14.9 Å². The number of nitrogens with zero attached hydrogens (tertiary/aromatic N) is 3. The van der Waals surface area contributed by atoms with Crippen LogP contribution in [-0.4, -0.2) is 26.5 Å². The number of benzene rings is 1. The molecule has 0 bridgehead atoms. The highest BCUT2D eigenvalue weighted by Gasteiger charge is 2.20. The summed E-state index contributed by atoms with van der Waals surface area (Å²) in [4.78, 5) is 11.4. The maximum Gasteiger partial charge on any atom is 0.195 e. The number of furan rings is 1. The number of rotatable bonds is 3. The second-order valence-electron chi connectivity index (χ2n) is 6.19. The van der Waals surface area contributed by atoms with Gasteiger partial charge in [-0.25, -0.2) is 9.97 Å². The SMILES string of the molecule is Cc1cccc(CN2CCc3nc(-c4ccco4)ncc3C2)c1O. The van der Waals surface area contributed by atoms with Crippen LogP contribution in [-0.2, 0) is 19.5 Å². The molecule has 1 aliphatic rings. The summed E-state index contributed by atoms with van der Waals surface area (Å²) in [5.74, 6) is 1.74. The van der Waals surface area contributed by atoms with E-state index in [4.69, 9.17) is 4.42 Å². The van der Waals surface area contributed by atoms with Crippen LogP contribution in [0.1, 0.15) is 22.4 Å². The Bertz CT molecular complexity index is 859. The minimum absolute atomic E-state index is 0.396. The van der Waals surface area contributed by atoms with Crippen molar-refractivity contribution in [1.29, 1.82) is 0 Å². The lowest BCUT2D eigenvalue weighted by atomic mass is 10.0. The molecule has 0 unspecified atom stereocenters. The Kier molecular flexibility index (Phi) is 3.78. The number of phenols is 1. The van der Waals surface area contributed by atoms with Crippen LogP contribution < -0.4 is 0 Å². The number of aromatic nitrogens is 2. The predicted molar refractivity (Wildman–Crippen MR) is 90.4 cm³/mol. The second kappa shape index (κ2) is 6.09. The summed E-state index contributed by atoms with van der Waals surface area (Å²) in [6.45, 7) is 4.36. The first-order chi connectivity index (χ1) is 11.7. The Balaban J connectivity index is 1.53. The lowest BCUT2D eigenvalue weighted by Crippen LogP contribution is -2.31. The van der Waals surface area contributed by atoms with E-state index in [0.717, 1.165) is 48.4 Å². The van der Waals surface area contributed by atoms with E-state index in [1.54, 1.807) is 6.26 Å². The fraction of sp³-hybridized carbons (Fsp3) is 0.263. The number of hydrogen-bond donors (Lipinski definition) is 1. The van der Waals surface area contributed by atoms with Gasteiger partial charge in [0.25, 0.3) is 0 Å². The quantitative estimate of drug-likeness (QED) is 0.802. The average molecular weight is 321 g/mol. The van der Waals surface area contributed by atoms with Crippen LogP contribution in [0, 0.1) is 6.92 Å². The van der Waals surface area contributed by atoms with Crippen LogP contribution >= 0.6 is 0 Å². The third-order valence-electron chi connectivity index (χ3n) is 4.47. The van der Waals surface area contributed by atoms with Gasteiger partial charge in [0.1, 0.15) is 5.75 Å². The van der Waals surface area contributed by atoms with Gasteiger partial charge in [-0.05, 0) is 24.6 Å². The lowest BCUT2D eigenvalue weighted by Gasteiger charge is -2.28. The van der Waals surface area contributed by atoms with Crippen molar-refractivity contribution in [2.24, 2.45) is 0 Å².